The Bertz CT molecular complexity index is 435. The maximum Gasteiger partial charge on any atom is 0.234 e. The molecule has 1 aromatic heterocycles. The minimum Gasteiger partial charge on any atom is -0.374 e. The fraction of sp³-hybridized carbons (Fsp3) is 0.750. The van der Waals surface area contributed by atoms with Gasteiger partial charge in [-0.2, -0.15) is 0 Å². The molecular formula is C12H22N6O2. The molecule has 1 unspecified atom stereocenters. The zero-order valence-electron chi connectivity index (χ0n) is 11.8. The Morgan fingerprint density at radius 3 is 3.25 bits per heavy atom. The van der Waals surface area contributed by atoms with Crippen LogP contribution in [-0.2, 0) is 22.6 Å². The van der Waals surface area contributed by atoms with Gasteiger partial charge in [-0.25, -0.2) is 4.68 Å². The average molecular weight is 282 g/mol. The van der Waals surface area contributed by atoms with Crippen molar-refractivity contribution in [1.29, 1.82) is 0 Å². The van der Waals surface area contributed by atoms with E-state index in [9.17, 15) is 4.79 Å². The third-order valence-corrected chi connectivity index (χ3v) is 3.30. The summed E-state index contributed by atoms with van der Waals surface area (Å²) in [6.07, 6.45) is 1.96. The van der Waals surface area contributed by atoms with Crippen LogP contribution < -0.4 is 11.1 Å². The number of carbonyl (C=O) groups excluding carboxylic acids is 1. The Morgan fingerprint density at radius 2 is 2.50 bits per heavy atom. The first-order valence-corrected chi connectivity index (χ1v) is 6.91. The molecule has 1 fully saturated rings. The van der Waals surface area contributed by atoms with Gasteiger partial charge >= 0.3 is 0 Å². The molecule has 112 valence electrons. The van der Waals surface area contributed by atoms with E-state index in [1.807, 2.05) is 6.20 Å². The summed E-state index contributed by atoms with van der Waals surface area (Å²) in [5, 5.41) is 10.7. The number of nitrogens with one attached hydrogen (secondary N) is 1. The van der Waals surface area contributed by atoms with Gasteiger partial charge in [-0.1, -0.05) is 12.1 Å². The summed E-state index contributed by atoms with van der Waals surface area (Å²) in [6.45, 7) is 6.85. The van der Waals surface area contributed by atoms with Crippen LogP contribution in [0.3, 0.4) is 0 Å². The van der Waals surface area contributed by atoms with Gasteiger partial charge in [0, 0.05) is 13.1 Å². The molecule has 0 bridgehead atoms. The second-order valence-electron chi connectivity index (χ2n) is 4.80. The molecular weight excluding hydrogens is 260 g/mol. The SMILES string of the molecule is CCN1CCOC(Cn2cc(CNC(=O)CN)nn2)C1. The van der Waals surface area contributed by atoms with Gasteiger partial charge < -0.3 is 15.8 Å². The number of nitrogens with zero attached hydrogens (tertiary/aromatic N) is 4. The van der Waals surface area contributed by atoms with Crippen molar-refractivity contribution >= 4 is 5.91 Å². The van der Waals surface area contributed by atoms with Crippen LogP contribution in [0, 0.1) is 0 Å². The molecule has 3 N–H and O–H groups in total. The lowest BCUT2D eigenvalue weighted by atomic mass is 10.2. The third kappa shape index (κ3) is 4.26. The first kappa shape index (κ1) is 14.9. The van der Waals surface area contributed by atoms with Crippen LogP contribution in [0.15, 0.2) is 6.20 Å². The summed E-state index contributed by atoms with van der Waals surface area (Å²) in [4.78, 5) is 13.4. The molecule has 20 heavy (non-hydrogen) atoms. The molecule has 0 radical (unpaired) electrons. The minimum atomic E-state index is -0.200. The highest BCUT2D eigenvalue weighted by atomic mass is 16.5. The van der Waals surface area contributed by atoms with E-state index in [1.54, 1.807) is 4.68 Å². The summed E-state index contributed by atoms with van der Waals surface area (Å²) in [7, 11) is 0. The summed E-state index contributed by atoms with van der Waals surface area (Å²) >= 11 is 0. The Balaban J connectivity index is 1.81. The lowest BCUT2D eigenvalue weighted by Crippen LogP contribution is -2.44. The van der Waals surface area contributed by atoms with Gasteiger partial charge in [0.1, 0.15) is 5.69 Å². The van der Waals surface area contributed by atoms with E-state index >= 15 is 0 Å². The molecule has 1 aliphatic rings. The Labute approximate surface area is 118 Å². The first-order chi connectivity index (χ1) is 9.71. The van der Waals surface area contributed by atoms with Gasteiger partial charge in [0.25, 0.3) is 0 Å². The molecule has 1 aromatic rings. The smallest absolute Gasteiger partial charge is 0.234 e. The highest BCUT2D eigenvalue weighted by molar-refractivity contribution is 5.77. The maximum atomic E-state index is 11.1. The van der Waals surface area contributed by atoms with Gasteiger partial charge in [0.05, 0.1) is 38.5 Å². The van der Waals surface area contributed by atoms with Crippen molar-refractivity contribution in [2.24, 2.45) is 5.73 Å². The molecule has 0 aromatic carbocycles. The molecule has 1 aliphatic heterocycles. The number of carbonyl (C=O) groups is 1. The molecule has 8 heteroatoms. The van der Waals surface area contributed by atoms with E-state index in [0.717, 1.165) is 31.9 Å². The number of rotatable bonds is 6. The summed E-state index contributed by atoms with van der Waals surface area (Å²) in [6, 6.07) is 0. The third-order valence-electron chi connectivity index (χ3n) is 3.30. The molecule has 1 atom stereocenters. The predicted octanol–water partition coefficient (Wildman–Crippen LogP) is -1.43. The van der Waals surface area contributed by atoms with Crippen molar-refractivity contribution in [3.8, 4) is 0 Å². The predicted molar refractivity (Wildman–Crippen MR) is 72.8 cm³/mol. The average Bonchev–Trinajstić information content (AvgIpc) is 2.92. The number of nitrogens with two attached hydrogens (primary N) is 1. The van der Waals surface area contributed by atoms with Crippen LogP contribution in [0.2, 0.25) is 0 Å². The lowest BCUT2D eigenvalue weighted by Gasteiger charge is -2.31. The van der Waals surface area contributed by atoms with Crippen LogP contribution in [0.25, 0.3) is 0 Å². The highest BCUT2D eigenvalue weighted by Gasteiger charge is 2.20. The number of ether oxygens (including phenoxy) is 1. The molecule has 0 aliphatic carbocycles. The quantitative estimate of drug-likeness (QED) is 0.664. The van der Waals surface area contributed by atoms with Crippen molar-refractivity contribution < 1.29 is 9.53 Å². The summed E-state index contributed by atoms with van der Waals surface area (Å²) in [5.74, 6) is -0.200. The second kappa shape index (κ2) is 7.32. The molecule has 0 spiro atoms. The van der Waals surface area contributed by atoms with Crippen LogP contribution in [0.4, 0.5) is 0 Å². The molecule has 2 rings (SSSR count). The van der Waals surface area contributed by atoms with Crippen LogP contribution >= 0.6 is 0 Å². The number of morpholine rings is 1. The standard InChI is InChI=1S/C12H22N6O2/c1-2-17-3-4-20-11(8-17)9-18-7-10(15-16-18)6-14-12(19)5-13/h7,11H,2-6,8-9,13H2,1H3,(H,14,19). The fourth-order valence-corrected chi connectivity index (χ4v) is 2.16. The molecule has 2 heterocycles. The van der Waals surface area contributed by atoms with Crippen molar-refractivity contribution in [2.75, 3.05) is 32.8 Å². The first-order valence-electron chi connectivity index (χ1n) is 6.91. The van der Waals surface area contributed by atoms with Crippen molar-refractivity contribution in [1.82, 2.24) is 25.2 Å². The van der Waals surface area contributed by atoms with Crippen molar-refractivity contribution in [2.45, 2.75) is 26.1 Å². The molecule has 1 amide bonds. The second-order valence-corrected chi connectivity index (χ2v) is 4.80. The minimum absolute atomic E-state index is 0.0170. The topological polar surface area (TPSA) is 98.3 Å². The van der Waals surface area contributed by atoms with Gasteiger partial charge in [0.2, 0.25) is 5.91 Å². The van der Waals surface area contributed by atoms with Gasteiger partial charge in [-0.3, -0.25) is 9.69 Å². The zero-order valence-corrected chi connectivity index (χ0v) is 11.8. The van der Waals surface area contributed by atoms with E-state index in [-0.39, 0.29) is 18.6 Å². The monoisotopic (exact) mass is 282 g/mol. The molecule has 0 saturated carbocycles. The van der Waals surface area contributed by atoms with E-state index < -0.39 is 0 Å². The summed E-state index contributed by atoms with van der Waals surface area (Å²) < 4.78 is 7.48. The normalized spacial score (nSPS) is 20.0. The highest BCUT2D eigenvalue weighted by Crippen LogP contribution is 2.07. The lowest BCUT2D eigenvalue weighted by molar-refractivity contribution is -0.119. The van der Waals surface area contributed by atoms with E-state index in [4.69, 9.17) is 10.5 Å². The van der Waals surface area contributed by atoms with Gasteiger partial charge in [-0.05, 0) is 6.54 Å². The number of hydrogen-bond acceptors (Lipinski definition) is 6. The maximum absolute atomic E-state index is 11.1. The number of amides is 1. The Morgan fingerprint density at radius 1 is 1.65 bits per heavy atom. The zero-order chi connectivity index (χ0) is 14.4. The molecule has 1 saturated heterocycles. The molecule has 8 nitrogen and oxygen atoms in total. The van der Waals surface area contributed by atoms with Crippen LogP contribution in [0.1, 0.15) is 12.6 Å². The van der Waals surface area contributed by atoms with Crippen molar-refractivity contribution in [3.05, 3.63) is 11.9 Å². The van der Waals surface area contributed by atoms with Gasteiger partial charge in [-0.15, -0.1) is 5.10 Å². The van der Waals surface area contributed by atoms with Crippen LogP contribution in [0.5, 0.6) is 0 Å². The largest absolute Gasteiger partial charge is 0.374 e. The Hall–Kier alpha value is -1.51. The summed E-state index contributed by atoms with van der Waals surface area (Å²) in [5.41, 5.74) is 5.93. The number of aromatic nitrogens is 3. The number of hydrogen-bond donors (Lipinski definition) is 2. The number of likely N-dealkylation sites (N-methyl/N-ethyl adjacent to an activating group) is 1. The fourth-order valence-electron chi connectivity index (χ4n) is 2.16. The van der Waals surface area contributed by atoms with Gasteiger partial charge in [0.15, 0.2) is 0 Å². The van der Waals surface area contributed by atoms with E-state index in [1.165, 1.54) is 0 Å². The van der Waals surface area contributed by atoms with Crippen LogP contribution in [-0.4, -0.2) is 64.7 Å². The Kier molecular flexibility index (Phi) is 5.45. The van der Waals surface area contributed by atoms with E-state index in [2.05, 4.69) is 27.5 Å². The van der Waals surface area contributed by atoms with E-state index in [0.29, 0.717) is 13.1 Å². The van der Waals surface area contributed by atoms with Crippen molar-refractivity contribution in [3.63, 3.8) is 0 Å².